The van der Waals surface area contributed by atoms with Crippen LogP contribution in [0.4, 0.5) is 11.4 Å². The Kier molecular flexibility index (Phi) is 6.93. The third-order valence-electron chi connectivity index (χ3n) is 4.87. The summed E-state index contributed by atoms with van der Waals surface area (Å²) in [5.74, 6) is -0.0435. The van der Waals surface area contributed by atoms with E-state index in [9.17, 15) is 4.79 Å². The van der Waals surface area contributed by atoms with E-state index in [2.05, 4.69) is 33.1 Å². The number of carbonyl (C=O) groups excluding carboxylic acids is 1. The number of nitrogens with zero attached hydrogens (tertiary/aromatic N) is 3. The molecule has 1 fully saturated rings. The molecule has 144 valence electrons. The van der Waals surface area contributed by atoms with Gasteiger partial charge in [-0.3, -0.25) is 9.78 Å². The fraction of sp³-hybridized carbons (Fsp3) is 0.429. The van der Waals surface area contributed by atoms with Crippen LogP contribution < -0.4 is 15.1 Å². The molecule has 0 atom stereocenters. The molecule has 2 heterocycles. The van der Waals surface area contributed by atoms with Crippen LogP contribution >= 0.6 is 11.6 Å². The van der Waals surface area contributed by atoms with Crippen molar-refractivity contribution in [3.8, 4) is 0 Å². The summed E-state index contributed by atoms with van der Waals surface area (Å²) in [4.78, 5) is 21.2. The third-order valence-corrected chi connectivity index (χ3v) is 5.11. The van der Waals surface area contributed by atoms with Gasteiger partial charge in [0.15, 0.2) is 0 Å². The minimum atomic E-state index is -0.0435. The number of nitrogens with one attached hydrogen (secondary N) is 1. The molecule has 0 bridgehead atoms. The molecule has 2 aromatic rings. The van der Waals surface area contributed by atoms with Gasteiger partial charge in [-0.05, 0) is 30.7 Å². The first-order valence-electron chi connectivity index (χ1n) is 9.66. The van der Waals surface area contributed by atoms with Gasteiger partial charge in [-0.15, -0.1) is 0 Å². The van der Waals surface area contributed by atoms with E-state index >= 15 is 0 Å². The average Bonchev–Trinajstić information content (AvgIpc) is 2.71. The van der Waals surface area contributed by atoms with Crippen LogP contribution in [0, 0.1) is 0 Å². The molecule has 1 aromatic carbocycles. The minimum Gasteiger partial charge on any atom is -0.368 e. The Morgan fingerprint density at radius 1 is 1.07 bits per heavy atom. The van der Waals surface area contributed by atoms with E-state index in [1.54, 1.807) is 6.20 Å². The molecule has 3 rings (SSSR count). The van der Waals surface area contributed by atoms with Crippen molar-refractivity contribution in [2.75, 3.05) is 42.5 Å². The summed E-state index contributed by atoms with van der Waals surface area (Å²) in [7, 11) is 0. The van der Waals surface area contributed by atoms with E-state index in [1.807, 2.05) is 30.5 Å². The zero-order chi connectivity index (χ0) is 19.1. The molecule has 1 aromatic heterocycles. The predicted molar refractivity (Wildman–Crippen MR) is 112 cm³/mol. The molecule has 1 saturated heterocycles. The number of anilines is 2. The summed E-state index contributed by atoms with van der Waals surface area (Å²) in [5.41, 5.74) is 2.78. The zero-order valence-electron chi connectivity index (χ0n) is 15.8. The topological polar surface area (TPSA) is 48.5 Å². The molecule has 27 heavy (non-hydrogen) atoms. The first-order chi connectivity index (χ1) is 13.2. The van der Waals surface area contributed by atoms with Crippen LogP contribution in [0.15, 0.2) is 42.7 Å². The molecule has 1 N–H and O–H groups in total. The van der Waals surface area contributed by atoms with E-state index in [0.29, 0.717) is 5.56 Å². The van der Waals surface area contributed by atoms with Crippen LogP contribution in [0.1, 0.15) is 36.5 Å². The highest BCUT2D eigenvalue weighted by molar-refractivity contribution is 6.30. The van der Waals surface area contributed by atoms with Crippen molar-refractivity contribution in [3.63, 3.8) is 0 Å². The maximum Gasteiger partial charge on any atom is 0.252 e. The van der Waals surface area contributed by atoms with Gasteiger partial charge in [-0.1, -0.05) is 37.4 Å². The van der Waals surface area contributed by atoms with E-state index < -0.39 is 0 Å². The predicted octanol–water partition coefficient (Wildman–Crippen LogP) is 3.98. The fourth-order valence-electron chi connectivity index (χ4n) is 3.30. The van der Waals surface area contributed by atoms with Gasteiger partial charge >= 0.3 is 0 Å². The van der Waals surface area contributed by atoms with Gasteiger partial charge in [-0.2, -0.15) is 0 Å². The second-order valence-corrected chi connectivity index (χ2v) is 7.29. The quantitative estimate of drug-likeness (QED) is 0.731. The lowest BCUT2D eigenvalue weighted by molar-refractivity contribution is 0.0952. The first-order valence-corrected chi connectivity index (χ1v) is 10.0. The summed E-state index contributed by atoms with van der Waals surface area (Å²) < 4.78 is 0. The van der Waals surface area contributed by atoms with Gasteiger partial charge in [0, 0.05) is 49.6 Å². The van der Waals surface area contributed by atoms with Crippen molar-refractivity contribution in [2.45, 2.75) is 26.2 Å². The van der Waals surface area contributed by atoms with Gasteiger partial charge in [0.05, 0.1) is 17.4 Å². The molecule has 1 aliphatic heterocycles. The Bertz CT molecular complexity index is 759. The Morgan fingerprint density at radius 3 is 2.52 bits per heavy atom. The zero-order valence-corrected chi connectivity index (χ0v) is 16.6. The van der Waals surface area contributed by atoms with Crippen LogP contribution in [-0.4, -0.2) is 43.6 Å². The number of benzene rings is 1. The van der Waals surface area contributed by atoms with Gasteiger partial charge in [0.2, 0.25) is 0 Å². The molecular weight excluding hydrogens is 360 g/mol. The molecule has 5 nitrogen and oxygen atoms in total. The summed E-state index contributed by atoms with van der Waals surface area (Å²) in [5, 5.41) is 3.74. The monoisotopic (exact) mass is 386 g/mol. The number of pyridine rings is 1. The maximum atomic E-state index is 12.3. The van der Waals surface area contributed by atoms with Gasteiger partial charge in [-0.25, -0.2) is 0 Å². The highest BCUT2D eigenvalue weighted by atomic mass is 35.5. The molecule has 0 spiro atoms. The van der Waals surface area contributed by atoms with Crippen molar-refractivity contribution in [2.24, 2.45) is 0 Å². The van der Waals surface area contributed by atoms with E-state index in [-0.39, 0.29) is 5.91 Å². The largest absolute Gasteiger partial charge is 0.368 e. The summed E-state index contributed by atoms with van der Waals surface area (Å²) in [6, 6.07) is 9.91. The van der Waals surface area contributed by atoms with Crippen LogP contribution in [0.3, 0.4) is 0 Å². The number of piperazine rings is 1. The fourth-order valence-corrected chi connectivity index (χ4v) is 3.48. The number of rotatable bonds is 7. The lowest BCUT2D eigenvalue weighted by Gasteiger charge is -2.37. The Hall–Kier alpha value is -2.27. The van der Waals surface area contributed by atoms with E-state index in [1.165, 1.54) is 0 Å². The number of aromatic nitrogens is 1. The highest BCUT2D eigenvalue weighted by Crippen LogP contribution is 2.23. The average molecular weight is 387 g/mol. The van der Waals surface area contributed by atoms with Gasteiger partial charge in [0.25, 0.3) is 5.91 Å². The molecular formula is C21H27ClN4O. The lowest BCUT2D eigenvalue weighted by Crippen LogP contribution is -2.46. The van der Waals surface area contributed by atoms with Crippen molar-refractivity contribution in [3.05, 3.63) is 53.3 Å². The third kappa shape index (κ3) is 5.36. The van der Waals surface area contributed by atoms with Crippen molar-refractivity contribution < 1.29 is 4.79 Å². The van der Waals surface area contributed by atoms with Crippen LogP contribution in [0.25, 0.3) is 0 Å². The number of unbranched alkanes of at least 4 members (excludes halogenated alkanes) is 2. The first kappa shape index (κ1) is 19.5. The Labute approximate surface area is 166 Å². The molecule has 0 aliphatic carbocycles. The number of carbonyl (C=O) groups is 1. The van der Waals surface area contributed by atoms with Crippen molar-refractivity contribution in [1.29, 1.82) is 0 Å². The summed E-state index contributed by atoms with van der Waals surface area (Å²) in [6.07, 6.45) is 6.77. The SMILES string of the molecule is CCCCCNC(=O)c1cncc(N2CCN(c3cccc(Cl)c3)CC2)c1. The molecule has 0 saturated carbocycles. The molecule has 1 amide bonds. The number of hydrogen-bond acceptors (Lipinski definition) is 4. The smallest absolute Gasteiger partial charge is 0.252 e. The Morgan fingerprint density at radius 2 is 1.81 bits per heavy atom. The maximum absolute atomic E-state index is 12.3. The number of amides is 1. The van der Waals surface area contributed by atoms with E-state index in [0.717, 1.165) is 68.4 Å². The summed E-state index contributed by atoms with van der Waals surface area (Å²) in [6.45, 7) is 6.46. The Balaban J connectivity index is 1.57. The van der Waals surface area contributed by atoms with Gasteiger partial charge in [0.1, 0.15) is 0 Å². The normalized spacial score (nSPS) is 14.3. The molecule has 0 unspecified atom stereocenters. The van der Waals surface area contributed by atoms with Crippen molar-refractivity contribution >= 4 is 28.9 Å². The molecule has 6 heteroatoms. The van der Waals surface area contributed by atoms with Crippen LogP contribution in [-0.2, 0) is 0 Å². The highest BCUT2D eigenvalue weighted by Gasteiger charge is 2.19. The standard InChI is InChI=1S/C21H27ClN4O/c1-2-3-4-8-24-21(27)17-13-20(16-23-15-17)26-11-9-25(10-12-26)19-7-5-6-18(22)14-19/h5-7,13-16H,2-4,8-12H2,1H3,(H,24,27). The summed E-state index contributed by atoms with van der Waals surface area (Å²) >= 11 is 6.11. The number of hydrogen-bond donors (Lipinski definition) is 1. The van der Waals surface area contributed by atoms with Crippen molar-refractivity contribution in [1.82, 2.24) is 10.3 Å². The lowest BCUT2D eigenvalue weighted by atomic mass is 10.2. The van der Waals surface area contributed by atoms with Gasteiger partial charge < -0.3 is 15.1 Å². The minimum absolute atomic E-state index is 0.0435. The molecule has 0 radical (unpaired) electrons. The second kappa shape index (κ2) is 9.60. The van der Waals surface area contributed by atoms with E-state index in [4.69, 9.17) is 11.6 Å². The second-order valence-electron chi connectivity index (χ2n) is 6.85. The molecule has 1 aliphatic rings. The van der Waals surface area contributed by atoms with Crippen LogP contribution in [0.2, 0.25) is 5.02 Å². The van der Waals surface area contributed by atoms with Crippen LogP contribution in [0.5, 0.6) is 0 Å². The number of halogens is 1.